The molecule has 2 heterocycles. The molecule has 5 rings (SSSR count). The normalized spacial score (nSPS) is 19.7. The summed E-state index contributed by atoms with van der Waals surface area (Å²) in [5.41, 5.74) is 8.09. The van der Waals surface area contributed by atoms with Crippen LogP contribution in [0.25, 0.3) is 17.0 Å². The van der Waals surface area contributed by atoms with Gasteiger partial charge in [0.25, 0.3) is 5.91 Å². The molecule has 1 saturated heterocycles. The van der Waals surface area contributed by atoms with Gasteiger partial charge in [0.1, 0.15) is 6.54 Å². The first-order chi connectivity index (χ1) is 17.0. The van der Waals surface area contributed by atoms with Gasteiger partial charge in [-0.1, -0.05) is 59.8 Å². The number of amidine groups is 1. The first-order valence-electron chi connectivity index (χ1n) is 11.9. The maximum absolute atomic E-state index is 13.8. The van der Waals surface area contributed by atoms with Gasteiger partial charge in [-0.25, -0.2) is 4.99 Å². The number of amides is 2. The predicted molar refractivity (Wildman–Crippen MR) is 146 cm³/mol. The summed E-state index contributed by atoms with van der Waals surface area (Å²) in [5.74, 6) is -0.408. The first kappa shape index (κ1) is 23.9. The minimum absolute atomic E-state index is 0.00220. The minimum Gasteiger partial charge on any atom is -0.368 e. The molecule has 2 fully saturated rings. The molecule has 2 aromatic carbocycles. The van der Waals surface area contributed by atoms with Crippen LogP contribution >= 0.6 is 27.7 Å². The van der Waals surface area contributed by atoms with Gasteiger partial charge in [-0.3, -0.25) is 14.5 Å². The van der Waals surface area contributed by atoms with E-state index < -0.39 is 5.91 Å². The second-order valence-electron chi connectivity index (χ2n) is 9.00. The van der Waals surface area contributed by atoms with E-state index in [9.17, 15) is 9.59 Å². The lowest BCUT2D eigenvalue weighted by Crippen LogP contribution is -2.39. The lowest BCUT2D eigenvalue weighted by molar-refractivity contribution is -0.124. The van der Waals surface area contributed by atoms with Crippen molar-refractivity contribution in [2.24, 2.45) is 10.7 Å². The Hall–Kier alpha value is -2.84. The summed E-state index contributed by atoms with van der Waals surface area (Å²) >= 11 is 4.97. The van der Waals surface area contributed by atoms with Gasteiger partial charge < -0.3 is 10.3 Å². The summed E-state index contributed by atoms with van der Waals surface area (Å²) in [4.78, 5) is 32.9. The molecule has 6 nitrogen and oxygen atoms in total. The number of halogens is 1. The molecule has 2 aliphatic rings. The van der Waals surface area contributed by atoms with Crippen molar-refractivity contribution in [1.82, 2.24) is 9.47 Å². The number of aromatic nitrogens is 1. The smallest absolute Gasteiger partial charge is 0.267 e. The van der Waals surface area contributed by atoms with Crippen LogP contribution in [0.1, 0.15) is 44.1 Å². The first-order valence-corrected chi connectivity index (χ1v) is 13.5. The summed E-state index contributed by atoms with van der Waals surface area (Å²) in [6.45, 7) is 0.0807. The van der Waals surface area contributed by atoms with Crippen LogP contribution in [0.4, 0.5) is 5.69 Å². The lowest BCUT2D eigenvalue weighted by atomic mass is 10.1. The number of aliphatic imine (C=N–C) groups is 1. The summed E-state index contributed by atoms with van der Waals surface area (Å²) in [6, 6.07) is 15.9. The highest BCUT2D eigenvalue weighted by molar-refractivity contribution is 9.10. The van der Waals surface area contributed by atoms with Gasteiger partial charge in [0.05, 0.1) is 10.6 Å². The van der Waals surface area contributed by atoms with Crippen molar-refractivity contribution in [3.8, 4) is 0 Å². The molecule has 0 unspecified atom stereocenters. The van der Waals surface area contributed by atoms with Crippen LogP contribution in [0.5, 0.6) is 0 Å². The number of rotatable bonds is 5. The van der Waals surface area contributed by atoms with Crippen LogP contribution in [0.2, 0.25) is 0 Å². The summed E-state index contributed by atoms with van der Waals surface area (Å²) < 4.78 is 2.76. The van der Waals surface area contributed by atoms with Crippen LogP contribution in [0.3, 0.4) is 0 Å². The van der Waals surface area contributed by atoms with E-state index in [4.69, 9.17) is 10.7 Å². The number of primary amides is 1. The van der Waals surface area contributed by atoms with E-state index >= 15 is 0 Å². The van der Waals surface area contributed by atoms with Crippen molar-refractivity contribution in [3.63, 3.8) is 0 Å². The van der Waals surface area contributed by atoms with Crippen molar-refractivity contribution in [1.29, 1.82) is 0 Å². The van der Waals surface area contributed by atoms with E-state index in [0.29, 0.717) is 4.91 Å². The van der Waals surface area contributed by atoms with E-state index in [2.05, 4.69) is 15.9 Å². The van der Waals surface area contributed by atoms with Crippen molar-refractivity contribution in [2.45, 2.75) is 51.1 Å². The monoisotopic (exact) mass is 550 g/mol. The zero-order valence-corrected chi connectivity index (χ0v) is 21.7. The number of benzene rings is 2. The van der Waals surface area contributed by atoms with E-state index in [0.717, 1.165) is 57.5 Å². The third kappa shape index (κ3) is 5.23. The average molecular weight is 552 g/mol. The predicted octanol–water partition coefficient (Wildman–Crippen LogP) is 6.22. The molecule has 0 atom stereocenters. The van der Waals surface area contributed by atoms with Crippen LogP contribution in [0.15, 0.2) is 69.1 Å². The molecule has 2 N–H and O–H groups in total. The fraction of sp³-hybridized carbons (Fsp3) is 0.296. The third-order valence-electron chi connectivity index (χ3n) is 6.49. The minimum atomic E-state index is -0.410. The summed E-state index contributed by atoms with van der Waals surface area (Å²) in [5, 5.41) is 1.69. The summed E-state index contributed by atoms with van der Waals surface area (Å²) in [6.07, 6.45) is 10.5. The maximum Gasteiger partial charge on any atom is 0.267 e. The Balaban J connectivity index is 1.57. The number of para-hydroxylation sites is 1. The zero-order chi connectivity index (χ0) is 24.4. The number of nitrogens with two attached hydrogens (primary N) is 1. The Labute approximate surface area is 217 Å². The van der Waals surface area contributed by atoms with Gasteiger partial charge in [-0.15, -0.1) is 0 Å². The standard InChI is InChI=1S/C27H27BrN4O2S/c28-19-12-13-23-22(15-19)18(16-31(23)17-25(29)33)14-24-26(34)32(21-10-6-1-2-7-11-21)27(35-24)30-20-8-4-3-5-9-20/h3-5,8-9,12-16,21H,1-2,6-7,10-11,17H2,(H2,29,33)/b24-14-,30-27?. The van der Waals surface area contributed by atoms with E-state index in [1.54, 1.807) is 0 Å². The maximum atomic E-state index is 13.8. The topological polar surface area (TPSA) is 80.7 Å². The Bertz CT molecular complexity index is 1320. The molecule has 1 saturated carbocycles. The summed E-state index contributed by atoms with van der Waals surface area (Å²) in [7, 11) is 0. The Kier molecular flexibility index (Phi) is 7.11. The van der Waals surface area contributed by atoms with Gasteiger partial charge in [0.15, 0.2) is 5.17 Å². The fourth-order valence-corrected chi connectivity index (χ4v) is 6.28. The van der Waals surface area contributed by atoms with Gasteiger partial charge in [0, 0.05) is 33.2 Å². The van der Waals surface area contributed by atoms with Crippen LogP contribution in [-0.4, -0.2) is 32.5 Å². The second-order valence-corrected chi connectivity index (χ2v) is 10.9. The highest BCUT2D eigenvalue weighted by Crippen LogP contribution is 2.39. The third-order valence-corrected chi connectivity index (χ3v) is 7.97. The molecule has 180 valence electrons. The largest absolute Gasteiger partial charge is 0.368 e. The fourth-order valence-electron chi connectivity index (χ4n) is 4.87. The highest BCUT2D eigenvalue weighted by atomic mass is 79.9. The Morgan fingerprint density at radius 3 is 2.57 bits per heavy atom. The van der Waals surface area contributed by atoms with E-state index in [1.807, 2.05) is 70.3 Å². The van der Waals surface area contributed by atoms with Crippen molar-refractivity contribution in [2.75, 3.05) is 0 Å². The molecule has 0 bridgehead atoms. The molecule has 1 aliphatic carbocycles. The van der Waals surface area contributed by atoms with Crippen LogP contribution < -0.4 is 5.73 Å². The Morgan fingerprint density at radius 2 is 1.86 bits per heavy atom. The molecule has 8 heteroatoms. The zero-order valence-electron chi connectivity index (χ0n) is 19.3. The number of hydrogen-bond donors (Lipinski definition) is 1. The number of carbonyl (C=O) groups excluding carboxylic acids is 2. The quantitative estimate of drug-likeness (QED) is 0.302. The van der Waals surface area contributed by atoms with Gasteiger partial charge in [-0.05, 0) is 61.0 Å². The van der Waals surface area contributed by atoms with Crippen molar-refractivity contribution in [3.05, 3.63) is 69.7 Å². The Morgan fingerprint density at radius 1 is 1.11 bits per heavy atom. The molecule has 1 aliphatic heterocycles. The van der Waals surface area contributed by atoms with Crippen molar-refractivity contribution < 1.29 is 9.59 Å². The molecular formula is C27H27BrN4O2S. The van der Waals surface area contributed by atoms with E-state index in [1.165, 1.54) is 24.6 Å². The van der Waals surface area contributed by atoms with Crippen LogP contribution in [-0.2, 0) is 16.1 Å². The second kappa shape index (κ2) is 10.4. The molecule has 0 radical (unpaired) electrons. The van der Waals surface area contributed by atoms with Gasteiger partial charge in [0.2, 0.25) is 5.91 Å². The van der Waals surface area contributed by atoms with Crippen LogP contribution in [0, 0.1) is 0 Å². The number of hydrogen-bond acceptors (Lipinski definition) is 4. The van der Waals surface area contributed by atoms with Gasteiger partial charge >= 0.3 is 0 Å². The SMILES string of the molecule is NC(=O)Cn1cc(/C=C2\SC(=Nc3ccccc3)N(C3CCCCCC3)C2=O)c2cc(Br)ccc21. The average Bonchev–Trinajstić information content (AvgIpc) is 3.16. The molecular weight excluding hydrogens is 524 g/mol. The molecule has 1 aromatic heterocycles. The molecule has 3 aromatic rings. The number of fused-ring (bicyclic) bond motifs is 1. The highest BCUT2D eigenvalue weighted by Gasteiger charge is 2.38. The van der Waals surface area contributed by atoms with Crippen molar-refractivity contribution >= 4 is 67.3 Å². The molecule has 2 amide bonds. The molecule has 0 spiro atoms. The molecule has 35 heavy (non-hydrogen) atoms. The van der Waals surface area contributed by atoms with Gasteiger partial charge in [-0.2, -0.15) is 0 Å². The lowest BCUT2D eigenvalue weighted by Gasteiger charge is -2.26. The number of nitrogens with zero attached hydrogens (tertiary/aromatic N) is 3. The van der Waals surface area contributed by atoms with E-state index in [-0.39, 0.29) is 18.5 Å². The number of thioether (sulfide) groups is 1. The number of carbonyl (C=O) groups is 2.